The number of nitrogens with one attached hydrogen (secondary N) is 1. The number of nitro benzene ring substituents is 1. The second-order valence-corrected chi connectivity index (χ2v) is 4.76. The molecule has 6 nitrogen and oxygen atoms in total. The summed E-state index contributed by atoms with van der Waals surface area (Å²) < 4.78 is 18.5. The number of para-hydroxylation sites is 1. The van der Waals surface area contributed by atoms with Crippen molar-refractivity contribution in [3.05, 3.63) is 76.1 Å². The van der Waals surface area contributed by atoms with Gasteiger partial charge < -0.3 is 10.1 Å². The van der Waals surface area contributed by atoms with Crippen molar-refractivity contribution in [2.75, 3.05) is 13.2 Å². The van der Waals surface area contributed by atoms with Crippen LogP contribution in [0.2, 0.25) is 0 Å². The first-order chi connectivity index (χ1) is 11.6. The van der Waals surface area contributed by atoms with Crippen molar-refractivity contribution in [2.24, 2.45) is 0 Å². The highest BCUT2D eigenvalue weighted by molar-refractivity contribution is 5.91. The molecule has 0 aliphatic heterocycles. The smallest absolute Gasteiger partial charge is 0.270 e. The van der Waals surface area contributed by atoms with Crippen LogP contribution in [0.5, 0.6) is 5.75 Å². The molecule has 0 heterocycles. The molecule has 0 atom stereocenters. The van der Waals surface area contributed by atoms with Crippen LogP contribution in [0.3, 0.4) is 0 Å². The number of carbonyl (C=O) groups excluding carboxylic acids is 1. The monoisotopic (exact) mass is 330 g/mol. The summed E-state index contributed by atoms with van der Waals surface area (Å²) in [5.74, 6) is -0.716. The van der Waals surface area contributed by atoms with Crippen LogP contribution in [0.15, 0.2) is 54.6 Å². The zero-order valence-corrected chi connectivity index (χ0v) is 12.6. The van der Waals surface area contributed by atoms with Crippen LogP contribution in [-0.2, 0) is 4.79 Å². The largest absolute Gasteiger partial charge is 0.489 e. The molecular weight excluding hydrogens is 315 g/mol. The molecule has 0 aromatic heterocycles. The predicted octanol–water partition coefficient (Wildman–Crippen LogP) is 2.94. The highest BCUT2D eigenvalue weighted by Crippen LogP contribution is 2.15. The Morgan fingerprint density at radius 2 is 2.04 bits per heavy atom. The number of hydrogen-bond acceptors (Lipinski definition) is 4. The van der Waals surface area contributed by atoms with Gasteiger partial charge in [0.2, 0.25) is 5.91 Å². The Morgan fingerprint density at radius 1 is 1.25 bits per heavy atom. The Hall–Kier alpha value is -3.22. The molecule has 0 unspecified atom stereocenters. The number of amides is 1. The molecule has 7 heteroatoms. The molecule has 0 saturated heterocycles. The van der Waals surface area contributed by atoms with Crippen molar-refractivity contribution >= 4 is 17.7 Å². The van der Waals surface area contributed by atoms with Crippen molar-refractivity contribution in [2.45, 2.75) is 0 Å². The maximum Gasteiger partial charge on any atom is 0.270 e. The molecule has 2 rings (SSSR count). The van der Waals surface area contributed by atoms with Gasteiger partial charge in [0, 0.05) is 18.2 Å². The Labute approximate surface area is 137 Å². The minimum absolute atomic E-state index is 0.0455. The molecule has 2 aromatic carbocycles. The predicted molar refractivity (Wildman–Crippen MR) is 87.0 cm³/mol. The van der Waals surface area contributed by atoms with Crippen molar-refractivity contribution in [1.29, 1.82) is 0 Å². The topological polar surface area (TPSA) is 81.5 Å². The Bertz CT molecular complexity index is 762. The minimum atomic E-state index is -0.503. The number of ether oxygens (including phenoxy) is 1. The number of nitro groups is 1. The Kier molecular flexibility index (Phi) is 6.01. The number of rotatable bonds is 7. The molecule has 0 saturated carbocycles. The average molecular weight is 330 g/mol. The number of non-ortho nitro benzene ring substituents is 1. The highest BCUT2D eigenvalue weighted by Gasteiger charge is 2.04. The zero-order chi connectivity index (χ0) is 17.4. The minimum Gasteiger partial charge on any atom is -0.489 e. The van der Waals surface area contributed by atoms with Gasteiger partial charge in [-0.2, -0.15) is 0 Å². The van der Waals surface area contributed by atoms with Gasteiger partial charge in [0.15, 0.2) is 11.6 Å². The van der Waals surface area contributed by atoms with Gasteiger partial charge >= 0.3 is 0 Å². The van der Waals surface area contributed by atoms with E-state index in [0.717, 1.165) is 0 Å². The summed E-state index contributed by atoms with van der Waals surface area (Å²) in [5, 5.41) is 13.2. The first-order valence-corrected chi connectivity index (χ1v) is 7.14. The summed E-state index contributed by atoms with van der Waals surface area (Å²) in [6.07, 6.45) is 2.74. The van der Waals surface area contributed by atoms with E-state index < -0.39 is 10.7 Å². The third-order valence-electron chi connectivity index (χ3n) is 3.00. The van der Waals surface area contributed by atoms with E-state index in [1.807, 2.05) is 0 Å². The number of carbonyl (C=O) groups is 1. The third kappa shape index (κ3) is 5.20. The molecule has 0 spiro atoms. The fraction of sp³-hybridized carbons (Fsp3) is 0.118. The van der Waals surface area contributed by atoms with E-state index in [9.17, 15) is 19.3 Å². The lowest BCUT2D eigenvalue weighted by Crippen LogP contribution is -2.26. The van der Waals surface area contributed by atoms with Crippen LogP contribution < -0.4 is 10.1 Å². The van der Waals surface area contributed by atoms with Crippen LogP contribution in [-0.4, -0.2) is 24.0 Å². The number of benzene rings is 2. The molecule has 1 N–H and O–H groups in total. The second kappa shape index (κ2) is 8.42. The molecule has 0 aliphatic carbocycles. The maximum absolute atomic E-state index is 13.3. The molecule has 0 bridgehead atoms. The molecule has 124 valence electrons. The van der Waals surface area contributed by atoms with Crippen LogP contribution in [0.4, 0.5) is 10.1 Å². The van der Waals surface area contributed by atoms with E-state index in [1.165, 1.54) is 42.5 Å². The summed E-state index contributed by atoms with van der Waals surface area (Å²) in [4.78, 5) is 21.8. The van der Waals surface area contributed by atoms with Gasteiger partial charge in [0.25, 0.3) is 5.69 Å². The normalized spacial score (nSPS) is 10.5. The standard InChI is InChI=1S/C17H15FN2O4/c18-15-6-1-2-7-16(15)24-11-10-19-17(21)9-8-13-4-3-5-14(12-13)20(22)23/h1-9,12H,10-11H2,(H,19,21)/b9-8+. The SMILES string of the molecule is O=C(/C=C/c1cccc([N+](=O)[O-])c1)NCCOc1ccccc1F. The number of hydrogen-bond donors (Lipinski definition) is 1. The fourth-order valence-corrected chi connectivity index (χ4v) is 1.87. The highest BCUT2D eigenvalue weighted by atomic mass is 19.1. The maximum atomic E-state index is 13.3. The van der Waals surface area contributed by atoms with E-state index >= 15 is 0 Å². The van der Waals surface area contributed by atoms with Gasteiger partial charge in [0.05, 0.1) is 11.5 Å². The van der Waals surface area contributed by atoms with Gasteiger partial charge in [-0.3, -0.25) is 14.9 Å². The second-order valence-electron chi connectivity index (χ2n) is 4.76. The van der Waals surface area contributed by atoms with E-state index in [0.29, 0.717) is 5.56 Å². The van der Waals surface area contributed by atoms with Crippen LogP contribution in [0.1, 0.15) is 5.56 Å². The lowest BCUT2D eigenvalue weighted by molar-refractivity contribution is -0.384. The zero-order valence-electron chi connectivity index (χ0n) is 12.6. The average Bonchev–Trinajstić information content (AvgIpc) is 2.58. The van der Waals surface area contributed by atoms with Crippen molar-refractivity contribution in [3.8, 4) is 5.75 Å². The lowest BCUT2D eigenvalue weighted by atomic mass is 10.2. The van der Waals surface area contributed by atoms with E-state index in [1.54, 1.807) is 18.2 Å². The van der Waals surface area contributed by atoms with Gasteiger partial charge in [0.1, 0.15) is 6.61 Å². The lowest BCUT2D eigenvalue weighted by Gasteiger charge is -2.07. The van der Waals surface area contributed by atoms with E-state index in [4.69, 9.17) is 4.74 Å². The Morgan fingerprint density at radius 3 is 2.79 bits per heavy atom. The summed E-state index contributed by atoms with van der Waals surface area (Å²) in [5.41, 5.74) is 0.498. The van der Waals surface area contributed by atoms with Crippen LogP contribution in [0, 0.1) is 15.9 Å². The van der Waals surface area contributed by atoms with Gasteiger partial charge in [-0.1, -0.05) is 24.3 Å². The van der Waals surface area contributed by atoms with Crippen LogP contribution >= 0.6 is 0 Å². The van der Waals surface area contributed by atoms with Gasteiger partial charge in [-0.15, -0.1) is 0 Å². The van der Waals surface area contributed by atoms with E-state index in [-0.39, 0.29) is 30.5 Å². The molecule has 2 aromatic rings. The molecule has 0 radical (unpaired) electrons. The molecule has 1 amide bonds. The summed E-state index contributed by atoms with van der Waals surface area (Å²) >= 11 is 0. The quantitative estimate of drug-likeness (QED) is 0.366. The first-order valence-electron chi connectivity index (χ1n) is 7.14. The first kappa shape index (κ1) is 17.1. The summed E-state index contributed by atoms with van der Waals surface area (Å²) in [6.45, 7) is 0.323. The summed E-state index contributed by atoms with van der Waals surface area (Å²) in [7, 11) is 0. The Balaban J connectivity index is 1.78. The van der Waals surface area contributed by atoms with E-state index in [2.05, 4.69) is 5.32 Å². The van der Waals surface area contributed by atoms with Crippen molar-refractivity contribution < 1.29 is 18.8 Å². The van der Waals surface area contributed by atoms with Gasteiger partial charge in [-0.05, 0) is 23.8 Å². The van der Waals surface area contributed by atoms with Crippen molar-refractivity contribution in [1.82, 2.24) is 5.32 Å². The summed E-state index contributed by atoms with van der Waals surface area (Å²) in [6, 6.07) is 11.9. The molecule has 0 fully saturated rings. The molecular formula is C17H15FN2O4. The number of halogens is 1. The van der Waals surface area contributed by atoms with Gasteiger partial charge in [-0.25, -0.2) is 4.39 Å². The fourth-order valence-electron chi connectivity index (χ4n) is 1.87. The molecule has 0 aliphatic rings. The third-order valence-corrected chi connectivity index (χ3v) is 3.00. The molecule has 24 heavy (non-hydrogen) atoms. The van der Waals surface area contributed by atoms with Crippen molar-refractivity contribution in [3.63, 3.8) is 0 Å². The number of nitrogens with zero attached hydrogens (tertiary/aromatic N) is 1. The van der Waals surface area contributed by atoms with Crippen LogP contribution in [0.25, 0.3) is 6.08 Å².